The molecule has 1 heterocycles. The minimum absolute atomic E-state index is 0.161. The second-order valence-electron chi connectivity index (χ2n) is 5.93. The number of carbonyl (C=O) groups excluding carboxylic acids is 1. The lowest BCUT2D eigenvalue weighted by Gasteiger charge is -2.27. The van der Waals surface area contributed by atoms with Crippen LogP contribution in [-0.4, -0.2) is 39.8 Å². The van der Waals surface area contributed by atoms with Crippen LogP contribution in [0.25, 0.3) is 0 Å². The first-order valence-electron chi connectivity index (χ1n) is 8.13. The summed E-state index contributed by atoms with van der Waals surface area (Å²) >= 11 is 5.84. The molecule has 0 saturated heterocycles. The Hall–Kier alpha value is -2.51. The van der Waals surface area contributed by atoms with E-state index in [-0.39, 0.29) is 18.3 Å². The van der Waals surface area contributed by atoms with Crippen LogP contribution in [0.4, 0.5) is 5.69 Å². The number of hydrogen-bond acceptors (Lipinski definition) is 5. The Morgan fingerprint density at radius 2 is 1.74 bits per heavy atom. The zero-order valence-electron chi connectivity index (χ0n) is 14.5. The van der Waals surface area contributed by atoms with Crippen LogP contribution in [0.1, 0.15) is 0 Å². The van der Waals surface area contributed by atoms with Crippen molar-refractivity contribution in [3.05, 3.63) is 65.0 Å². The van der Waals surface area contributed by atoms with Crippen LogP contribution < -0.4 is 14.4 Å². The lowest BCUT2D eigenvalue weighted by molar-refractivity contribution is -0.120. The van der Waals surface area contributed by atoms with Gasteiger partial charge in [0.25, 0.3) is 5.91 Å². The Labute approximate surface area is 162 Å². The van der Waals surface area contributed by atoms with E-state index in [1.54, 1.807) is 55.6 Å². The molecular formula is C19H18ClNO5S. The van der Waals surface area contributed by atoms with E-state index < -0.39 is 15.9 Å². The molecular weight excluding hydrogens is 390 g/mol. The van der Waals surface area contributed by atoms with Gasteiger partial charge in [0.15, 0.2) is 16.4 Å². The molecule has 0 radical (unpaired) electrons. The SMILES string of the molecule is COc1ccc(N(C(=O)COc2ccc(Cl)cc2)[C@@H]2C=CS(=O)(=O)C2)cc1. The van der Waals surface area contributed by atoms with E-state index in [1.165, 1.54) is 11.0 Å². The lowest BCUT2D eigenvalue weighted by atomic mass is 10.2. The number of halogens is 1. The van der Waals surface area contributed by atoms with Gasteiger partial charge in [0.2, 0.25) is 0 Å². The second-order valence-corrected chi connectivity index (χ2v) is 8.30. The minimum Gasteiger partial charge on any atom is -0.497 e. The molecule has 0 unspecified atom stereocenters. The van der Waals surface area contributed by atoms with E-state index in [0.717, 1.165) is 5.41 Å². The van der Waals surface area contributed by atoms with Gasteiger partial charge in [0.05, 0.1) is 18.9 Å². The first kappa shape index (κ1) is 19.3. The minimum atomic E-state index is -3.32. The van der Waals surface area contributed by atoms with Gasteiger partial charge in [0.1, 0.15) is 11.5 Å². The third-order valence-electron chi connectivity index (χ3n) is 4.04. The van der Waals surface area contributed by atoms with Crippen LogP contribution in [0.2, 0.25) is 5.02 Å². The quantitative estimate of drug-likeness (QED) is 0.735. The third-order valence-corrected chi connectivity index (χ3v) is 5.67. The predicted octanol–water partition coefficient (Wildman–Crippen LogP) is 3.07. The molecule has 6 nitrogen and oxygen atoms in total. The number of amides is 1. The lowest BCUT2D eigenvalue weighted by Crippen LogP contribution is -2.43. The van der Waals surface area contributed by atoms with Crippen LogP contribution in [0, 0.1) is 0 Å². The maximum absolute atomic E-state index is 12.9. The Balaban J connectivity index is 1.80. The molecule has 0 bridgehead atoms. The van der Waals surface area contributed by atoms with Gasteiger partial charge in [0, 0.05) is 16.1 Å². The van der Waals surface area contributed by atoms with Crippen LogP contribution in [0.15, 0.2) is 60.0 Å². The molecule has 0 spiro atoms. The summed E-state index contributed by atoms with van der Waals surface area (Å²) in [5.74, 6) is 0.614. The average molecular weight is 408 g/mol. The van der Waals surface area contributed by atoms with Crippen molar-refractivity contribution in [2.45, 2.75) is 6.04 Å². The number of hydrogen-bond donors (Lipinski definition) is 0. The maximum Gasteiger partial charge on any atom is 0.265 e. The van der Waals surface area contributed by atoms with Gasteiger partial charge >= 0.3 is 0 Å². The van der Waals surface area contributed by atoms with Gasteiger partial charge in [-0.15, -0.1) is 0 Å². The molecule has 0 aliphatic carbocycles. The summed E-state index contributed by atoms with van der Waals surface area (Å²) in [6.45, 7) is -0.238. The molecule has 0 N–H and O–H groups in total. The number of ether oxygens (including phenoxy) is 2. The summed E-state index contributed by atoms with van der Waals surface area (Å²) in [5.41, 5.74) is 0.562. The molecule has 0 aromatic heterocycles. The standard InChI is InChI=1S/C19H18ClNO5S/c1-25-17-8-4-15(5-9-17)21(16-10-11-27(23,24)13-16)19(22)12-26-18-6-2-14(20)3-7-18/h2-11,16H,12-13H2,1H3/t16-/m1/s1. The fourth-order valence-electron chi connectivity index (χ4n) is 2.73. The van der Waals surface area contributed by atoms with Gasteiger partial charge in [-0.1, -0.05) is 11.6 Å². The Kier molecular flexibility index (Phi) is 5.72. The Bertz CT molecular complexity index is 939. The van der Waals surface area contributed by atoms with Crippen molar-refractivity contribution in [2.24, 2.45) is 0 Å². The number of anilines is 1. The van der Waals surface area contributed by atoms with Crippen molar-refractivity contribution in [3.63, 3.8) is 0 Å². The maximum atomic E-state index is 12.9. The summed E-state index contributed by atoms with van der Waals surface area (Å²) in [5, 5.41) is 1.71. The van der Waals surface area contributed by atoms with E-state index in [9.17, 15) is 13.2 Å². The molecule has 0 saturated carbocycles. The van der Waals surface area contributed by atoms with Crippen molar-refractivity contribution < 1.29 is 22.7 Å². The highest BCUT2D eigenvalue weighted by Gasteiger charge is 2.31. The van der Waals surface area contributed by atoms with E-state index in [2.05, 4.69) is 0 Å². The van der Waals surface area contributed by atoms with Gasteiger partial charge in [-0.25, -0.2) is 8.42 Å². The number of methoxy groups -OCH3 is 1. The van der Waals surface area contributed by atoms with Crippen LogP contribution in [0.5, 0.6) is 11.5 Å². The molecule has 142 valence electrons. The zero-order chi connectivity index (χ0) is 19.4. The first-order chi connectivity index (χ1) is 12.9. The van der Waals surface area contributed by atoms with Crippen molar-refractivity contribution >= 4 is 33.0 Å². The van der Waals surface area contributed by atoms with Crippen LogP contribution >= 0.6 is 11.6 Å². The third kappa shape index (κ3) is 4.81. The number of carbonyl (C=O) groups is 1. The van der Waals surface area contributed by atoms with E-state index in [0.29, 0.717) is 22.2 Å². The summed E-state index contributed by atoms with van der Waals surface area (Å²) in [6, 6.07) is 12.9. The van der Waals surface area contributed by atoms with Crippen molar-refractivity contribution in [1.82, 2.24) is 0 Å². The summed E-state index contributed by atoms with van der Waals surface area (Å²) in [4.78, 5) is 14.3. The van der Waals surface area contributed by atoms with Gasteiger partial charge in [-0.3, -0.25) is 4.79 Å². The molecule has 1 aliphatic heterocycles. The van der Waals surface area contributed by atoms with Gasteiger partial charge < -0.3 is 14.4 Å². The summed E-state index contributed by atoms with van der Waals surface area (Å²) < 4.78 is 34.3. The molecule has 3 rings (SSSR count). The van der Waals surface area contributed by atoms with Crippen LogP contribution in [0.3, 0.4) is 0 Å². The molecule has 27 heavy (non-hydrogen) atoms. The van der Waals surface area contributed by atoms with E-state index in [1.807, 2.05) is 0 Å². The Morgan fingerprint density at radius 3 is 2.30 bits per heavy atom. The number of rotatable bonds is 6. The molecule has 1 amide bonds. The van der Waals surface area contributed by atoms with E-state index >= 15 is 0 Å². The van der Waals surface area contributed by atoms with Gasteiger partial charge in [-0.05, 0) is 54.6 Å². The summed E-state index contributed by atoms with van der Waals surface area (Å²) in [6.07, 6.45) is 1.51. The van der Waals surface area contributed by atoms with E-state index in [4.69, 9.17) is 21.1 Å². The highest BCUT2D eigenvalue weighted by Crippen LogP contribution is 2.25. The number of benzene rings is 2. The largest absolute Gasteiger partial charge is 0.497 e. The summed E-state index contributed by atoms with van der Waals surface area (Å²) in [7, 11) is -1.78. The van der Waals surface area contributed by atoms with Crippen molar-refractivity contribution in [3.8, 4) is 11.5 Å². The topological polar surface area (TPSA) is 72.9 Å². The fraction of sp³-hybridized carbons (Fsp3) is 0.211. The van der Waals surface area contributed by atoms with Crippen molar-refractivity contribution in [1.29, 1.82) is 0 Å². The number of sulfone groups is 1. The monoisotopic (exact) mass is 407 g/mol. The number of nitrogens with zero attached hydrogens (tertiary/aromatic N) is 1. The molecule has 2 aromatic rings. The normalized spacial score (nSPS) is 17.5. The first-order valence-corrected chi connectivity index (χ1v) is 10.2. The van der Waals surface area contributed by atoms with Crippen LogP contribution in [-0.2, 0) is 14.6 Å². The Morgan fingerprint density at radius 1 is 1.11 bits per heavy atom. The van der Waals surface area contributed by atoms with Gasteiger partial charge in [-0.2, -0.15) is 0 Å². The smallest absolute Gasteiger partial charge is 0.265 e. The molecule has 8 heteroatoms. The predicted molar refractivity (Wildman–Crippen MR) is 104 cm³/mol. The fourth-order valence-corrected chi connectivity index (χ4v) is 4.12. The molecule has 0 fully saturated rings. The average Bonchev–Trinajstić information content (AvgIpc) is 3.01. The van der Waals surface area contributed by atoms with Crippen molar-refractivity contribution in [2.75, 3.05) is 24.4 Å². The molecule has 1 aliphatic rings. The molecule has 2 aromatic carbocycles. The highest BCUT2D eigenvalue weighted by molar-refractivity contribution is 7.94. The highest BCUT2D eigenvalue weighted by atomic mass is 35.5. The molecule has 1 atom stereocenters. The second kappa shape index (κ2) is 8.02. The zero-order valence-corrected chi connectivity index (χ0v) is 16.1.